The van der Waals surface area contributed by atoms with Gasteiger partial charge in [-0.2, -0.15) is 0 Å². The summed E-state index contributed by atoms with van der Waals surface area (Å²) < 4.78 is 5.52. The van der Waals surface area contributed by atoms with Gasteiger partial charge < -0.3 is 25.6 Å². The molecule has 1 fully saturated rings. The third-order valence-electron chi connectivity index (χ3n) is 3.92. The minimum atomic E-state index is -0.644. The van der Waals surface area contributed by atoms with Gasteiger partial charge in [0.2, 0.25) is 0 Å². The van der Waals surface area contributed by atoms with E-state index in [1.54, 1.807) is 13.2 Å². The Morgan fingerprint density at radius 1 is 1.40 bits per heavy atom. The van der Waals surface area contributed by atoms with Crippen molar-refractivity contribution in [3.05, 3.63) is 23.9 Å². The minimum absolute atomic E-state index is 0.111. The fourth-order valence-electron chi connectivity index (χ4n) is 2.64. The first-order valence-electron chi connectivity index (χ1n) is 8.54. The number of amides is 2. The van der Waals surface area contributed by atoms with Crippen LogP contribution in [0.5, 0.6) is 0 Å². The fourth-order valence-corrected chi connectivity index (χ4v) is 2.64. The van der Waals surface area contributed by atoms with Gasteiger partial charge in [-0.15, -0.1) is 0 Å². The summed E-state index contributed by atoms with van der Waals surface area (Å²) in [7, 11) is 1.79. The van der Waals surface area contributed by atoms with Crippen molar-refractivity contribution >= 4 is 17.6 Å². The molecule has 2 atom stereocenters. The summed E-state index contributed by atoms with van der Waals surface area (Å²) in [6, 6.07) is 3.72. The van der Waals surface area contributed by atoms with E-state index in [9.17, 15) is 9.59 Å². The van der Waals surface area contributed by atoms with Gasteiger partial charge in [0.05, 0.1) is 12.7 Å². The van der Waals surface area contributed by atoms with Gasteiger partial charge in [-0.1, -0.05) is 6.07 Å². The molecule has 0 saturated carbocycles. The van der Waals surface area contributed by atoms with E-state index in [-0.39, 0.29) is 18.7 Å². The molecule has 0 bridgehead atoms. The van der Waals surface area contributed by atoms with Crippen LogP contribution in [0.2, 0.25) is 0 Å². The lowest BCUT2D eigenvalue weighted by Crippen LogP contribution is -2.46. The molecule has 2 rings (SSSR count). The Balaban J connectivity index is 1.81. The normalized spacial score (nSPS) is 18.5. The zero-order valence-corrected chi connectivity index (χ0v) is 15.0. The van der Waals surface area contributed by atoms with Gasteiger partial charge in [-0.25, -0.2) is 4.98 Å². The molecule has 2 heterocycles. The Morgan fingerprint density at radius 2 is 2.20 bits per heavy atom. The molecule has 0 aliphatic carbocycles. The zero-order chi connectivity index (χ0) is 18.2. The summed E-state index contributed by atoms with van der Waals surface area (Å²) in [5, 5.41) is 8.17. The SMILES string of the molecule is CNCC(C)NC(=O)C(=O)NCc1ccc(N2CCOC(C)C2)nc1. The van der Waals surface area contributed by atoms with Gasteiger partial charge >= 0.3 is 11.8 Å². The van der Waals surface area contributed by atoms with Crippen LogP contribution in [-0.2, 0) is 20.9 Å². The number of ether oxygens (including phenoxy) is 1. The van der Waals surface area contributed by atoms with Gasteiger partial charge in [0.1, 0.15) is 5.82 Å². The molecule has 0 radical (unpaired) electrons. The molecule has 1 aromatic heterocycles. The number of rotatable bonds is 6. The van der Waals surface area contributed by atoms with Crippen LogP contribution in [0.4, 0.5) is 5.82 Å². The molecular weight excluding hydrogens is 322 g/mol. The predicted molar refractivity (Wildman–Crippen MR) is 95.2 cm³/mol. The predicted octanol–water partition coefficient (Wildman–Crippen LogP) is -0.353. The number of morpholine rings is 1. The van der Waals surface area contributed by atoms with Gasteiger partial charge in [-0.3, -0.25) is 9.59 Å². The van der Waals surface area contributed by atoms with Crippen molar-refractivity contribution in [3.8, 4) is 0 Å². The van der Waals surface area contributed by atoms with Gasteiger partial charge in [0.15, 0.2) is 0 Å². The highest BCUT2D eigenvalue weighted by atomic mass is 16.5. The van der Waals surface area contributed by atoms with Gasteiger partial charge in [0, 0.05) is 38.4 Å². The zero-order valence-electron chi connectivity index (χ0n) is 15.0. The average Bonchev–Trinajstić information content (AvgIpc) is 2.60. The van der Waals surface area contributed by atoms with Gasteiger partial charge in [-0.05, 0) is 32.5 Å². The topological polar surface area (TPSA) is 95.6 Å². The van der Waals surface area contributed by atoms with E-state index in [0.717, 1.165) is 24.5 Å². The molecule has 138 valence electrons. The number of hydrogen-bond donors (Lipinski definition) is 3. The Bertz CT molecular complexity index is 578. The van der Waals surface area contributed by atoms with Crippen molar-refractivity contribution < 1.29 is 14.3 Å². The van der Waals surface area contributed by atoms with E-state index in [4.69, 9.17) is 4.74 Å². The number of anilines is 1. The maximum absolute atomic E-state index is 11.8. The first-order valence-corrected chi connectivity index (χ1v) is 8.54. The van der Waals surface area contributed by atoms with Crippen molar-refractivity contribution in [2.75, 3.05) is 38.2 Å². The number of likely N-dealkylation sites (N-methyl/N-ethyl adjacent to an activating group) is 1. The molecule has 25 heavy (non-hydrogen) atoms. The van der Waals surface area contributed by atoms with Crippen molar-refractivity contribution in [3.63, 3.8) is 0 Å². The molecule has 1 aromatic rings. The van der Waals surface area contributed by atoms with Crippen molar-refractivity contribution in [1.82, 2.24) is 20.9 Å². The number of nitrogens with zero attached hydrogens (tertiary/aromatic N) is 2. The molecule has 3 N–H and O–H groups in total. The first kappa shape index (κ1) is 19.1. The van der Waals surface area contributed by atoms with Crippen molar-refractivity contribution in [2.45, 2.75) is 32.5 Å². The van der Waals surface area contributed by atoms with E-state index < -0.39 is 11.8 Å². The summed E-state index contributed by atoms with van der Waals surface area (Å²) in [6.07, 6.45) is 1.91. The Morgan fingerprint density at radius 3 is 2.84 bits per heavy atom. The van der Waals surface area contributed by atoms with Crippen molar-refractivity contribution in [1.29, 1.82) is 0 Å². The summed E-state index contributed by atoms with van der Waals surface area (Å²) in [6.45, 7) is 7.06. The van der Waals surface area contributed by atoms with E-state index >= 15 is 0 Å². The highest BCUT2D eigenvalue weighted by molar-refractivity contribution is 6.35. The monoisotopic (exact) mass is 349 g/mol. The number of pyridine rings is 1. The first-order chi connectivity index (χ1) is 12.0. The molecule has 1 aliphatic heterocycles. The van der Waals surface area contributed by atoms with Crippen LogP contribution in [0.1, 0.15) is 19.4 Å². The third-order valence-corrected chi connectivity index (χ3v) is 3.92. The molecule has 1 aliphatic rings. The molecule has 2 unspecified atom stereocenters. The molecule has 8 nitrogen and oxygen atoms in total. The molecule has 0 spiro atoms. The van der Waals surface area contributed by atoms with Crippen molar-refractivity contribution in [2.24, 2.45) is 0 Å². The van der Waals surface area contributed by atoms with Crippen LogP contribution in [0.15, 0.2) is 18.3 Å². The van der Waals surface area contributed by atoms with Crippen LogP contribution < -0.4 is 20.9 Å². The standard InChI is InChI=1S/C17H27N5O3/c1-12(8-18-3)21-17(24)16(23)20-10-14-4-5-15(19-9-14)22-6-7-25-13(2)11-22/h4-5,9,12-13,18H,6-8,10-11H2,1-3H3,(H,20,23)(H,21,24). The number of nitrogens with one attached hydrogen (secondary N) is 3. The summed E-state index contributed by atoms with van der Waals surface area (Å²) in [5.41, 5.74) is 0.842. The lowest BCUT2D eigenvalue weighted by Gasteiger charge is -2.32. The third kappa shape index (κ3) is 5.99. The lowest BCUT2D eigenvalue weighted by atomic mass is 10.2. The van der Waals surface area contributed by atoms with Crippen LogP contribution in [-0.4, -0.2) is 62.2 Å². The van der Waals surface area contributed by atoms with E-state index in [1.807, 2.05) is 26.0 Å². The second-order valence-corrected chi connectivity index (χ2v) is 6.27. The summed E-state index contributed by atoms with van der Waals surface area (Å²) in [5.74, 6) is -0.382. The molecular formula is C17H27N5O3. The highest BCUT2D eigenvalue weighted by Gasteiger charge is 2.18. The molecule has 0 aromatic carbocycles. The Kier molecular flexibility index (Phi) is 7.15. The van der Waals surface area contributed by atoms with Crippen LogP contribution in [0.25, 0.3) is 0 Å². The van der Waals surface area contributed by atoms with Crippen LogP contribution in [0.3, 0.4) is 0 Å². The maximum atomic E-state index is 11.8. The van der Waals surface area contributed by atoms with Crippen LogP contribution in [0, 0.1) is 0 Å². The number of aromatic nitrogens is 1. The average molecular weight is 349 g/mol. The Labute approximate surface area is 148 Å². The maximum Gasteiger partial charge on any atom is 0.309 e. The molecule has 2 amide bonds. The minimum Gasteiger partial charge on any atom is -0.375 e. The lowest BCUT2D eigenvalue weighted by molar-refractivity contribution is -0.139. The second-order valence-electron chi connectivity index (χ2n) is 6.27. The molecule has 8 heteroatoms. The fraction of sp³-hybridized carbons (Fsp3) is 0.588. The molecule has 1 saturated heterocycles. The summed E-state index contributed by atoms with van der Waals surface area (Å²) >= 11 is 0. The quantitative estimate of drug-likeness (QED) is 0.608. The Hall–Kier alpha value is -2.19. The van der Waals surface area contributed by atoms with E-state index in [2.05, 4.69) is 25.8 Å². The van der Waals surface area contributed by atoms with Crippen LogP contribution >= 0.6 is 0 Å². The second kappa shape index (κ2) is 9.33. The number of carbonyl (C=O) groups excluding carboxylic acids is 2. The summed E-state index contributed by atoms with van der Waals surface area (Å²) in [4.78, 5) is 30.2. The highest BCUT2D eigenvalue weighted by Crippen LogP contribution is 2.15. The van der Waals surface area contributed by atoms with Gasteiger partial charge in [0.25, 0.3) is 0 Å². The smallest absolute Gasteiger partial charge is 0.309 e. The van der Waals surface area contributed by atoms with E-state index in [1.165, 1.54) is 0 Å². The van der Waals surface area contributed by atoms with E-state index in [0.29, 0.717) is 13.2 Å². The number of hydrogen-bond acceptors (Lipinski definition) is 6. The number of carbonyl (C=O) groups is 2. The largest absolute Gasteiger partial charge is 0.375 e.